The van der Waals surface area contributed by atoms with Crippen LogP contribution in [0.1, 0.15) is 0 Å². The van der Waals surface area contributed by atoms with Gasteiger partial charge in [-0.05, 0) is 0 Å². The number of carbonyl (C=O) groups excluding carboxylic acids is 3. The van der Waals surface area contributed by atoms with E-state index in [-0.39, 0.29) is 0 Å². The minimum Gasteiger partial charge on any atom is -0.463 e. The number of hydrogen-bond donors (Lipinski definition) is 1. The maximum absolute atomic E-state index is 10.4. The Labute approximate surface area is 57.3 Å². The molecular weight excluding hydrogens is 138 g/mol. The van der Waals surface area contributed by atoms with Crippen LogP contribution in [0, 0.1) is 0 Å². The second-order valence-electron chi connectivity index (χ2n) is 1.40. The molecule has 1 amide bonds. The Hall–Kier alpha value is -1.39. The zero-order valence-corrected chi connectivity index (χ0v) is 5.63. The van der Waals surface area contributed by atoms with Gasteiger partial charge in [0.2, 0.25) is 0 Å². The molecule has 5 heteroatoms. The van der Waals surface area contributed by atoms with E-state index in [1.165, 1.54) is 7.05 Å². The van der Waals surface area contributed by atoms with Crippen LogP contribution in [0.3, 0.4) is 0 Å². The summed E-state index contributed by atoms with van der Waals surface area (Å²) in [6.07, 6.45) is 0. The number of rotatable bonds is 2. The van der Waals surface area contributed by atoms with Gasteiger partial charge in [-0.3, -0.25) is 9.59 Å². The minimum absolute atomic E-state index is 0.966. The van der Waals surface area contributed by atoms with Crippen LogP contribution in [0.5, 0.6) is 0 Å². The number of Topliss-reactive ketones (excluding diaryl/α,β-unsaturated/α-hetero) is 1. The third-order valence-corrected chi connectivity index (χ3v) is 0.804. The molecule has 0 atom stereocenters. The van der Waals surface area contributed by atoms with Gasteiger partial charge in [0.15, 0.2) is 0 Å². The lowest BCUT2D eigenvalue weighted by Crippen LogP contribution is -2.33. The molecule has 5 nitrogen and oxygen atoms in total. The highest BCUT2D eigenvalue weighted by atomic mass is 16.5. The number of carbonyl (C=O) groups is 3. The summed E-state index contributed by atoms with van der Waals surface area (Å²) in [6.45, 7) is 0. The molecule has 0 aliphatic heterocycles. The molecule has 0 aromatic carbocycles. The van der Waals surface area contributed by atoms with Gasteiger partial charge in [0.05, 0.1) is 7.11 Å². The first-order valence-corrected chi connectivity index (χ1v) is 2.47. The molecule has 0 heterocycles. The Morgan fingerprint density at radius 2 is 1.80 bits per heavy atom. The van der Waals surface area contributed by atoms with Crippen molar-refractivity contribution in [3.63, 3.8) is 0 Å². The predicted molar refractivity (Wildman–Crippen MR) is 31.1 cm³/mol. The molecule has 0 saturated heterocycles. The van der Waals surface area contributed by atoms with Crippen LogP contribution in [0.25, 0.3) is 0 Å². The van der Waals surface area contributed by atoms with Crippen molar-refractivity contribution >= 4 is 17.7 Å². The minimum atomic E-state index is -1.19. The molecule has 0 aliphatic carbocycles. The van der Waals surface area contributed by atoms with E-state index in [4.69, 9.17) is 0 Å². The average molecular weight is 145 g/mol. The first kappa shape index (κ1) is 8.61. The van der Waals surface area contributed by atoms with E-state index in [9.17, 15) is 14.4 Å². The van der Waals surface area contributed by atoms with Crippen LogP contribution in [0.2, 0.25) is 0 Å². The monoisotopic (exact) mass is 145 g/mol. The molecular formula is C5H7NO4. The van der Waals surface area contributed by atoms with Gasteiger partial charge in [0.1, 0.15) is 0 Å². The Morgan fingerprint density at radius 3 is 2.10 bits per heavy atom. The fraction of sp³-hybridized carbons (Fsp3) is 0.400. The maximum atomic E-state index is 10.4. The summed E-state index contributed by atoms with van der Waals surface area (Å²) >= 11 is 0. The van der Waals surface area contributed by atoms with Crippen molar-refractivity contribution in [2.75, 3.05) is 14.2 Å². The maximum Gasteiger partial charge on any atom is 0.384 e. The van der Waals surface area contributed by atoms with Gasteiger partial charge < -0.3 is 10.1 Å². The van der Waals surface area contributed by atoms with E-state index in [0.29, 0.717) is 0 Å². The Balaban J connectivity index is 4.09. The summed E-state index contributed by atoms with van der Waals surface area (Å²) in [5.41, 5.74) is 0. The van der Waals surface area contributed by atoms with Crippen LogP contribution < -0.4 is 5.32 Å². The zero-order valence-electron chi connectivity index (χ0n) is 5.63. The zero-order chi connectivity index (χ0) is 8.15. The number of amides is 1. The van der Waals surface area contributed by atoms with Crippen molar-refractivity contribution < 1.29 is 19.1 Å². The van der Waals surface area contributed by atoms with Crippen molar-refractivity contribution in [3.05, 3.63) is 0 Å². The highest BCUT2D eigenvalue weighted by molar-refractivity contribution is 6.61. The SMILES string of the molecule is CNC(=O)C(=O)C(=O)OC. The summed E-state index contributed by atoms with van der Waals surface area (Å²) < 4.78 is 3.99. The number of esters is 1. The predicted octanol–water partition coefficient (Wildman–Crippen LogP) is -1.53. The Kier molecular flexibility index (Phi) is 3.10. The molecule has 0 aromatic rings. The van der Waals surface area contributed by atoms with Gasteiger partial charge in [0, 0.05) is 7.05 Å². The lowest BCUT2D eigenvalue weighted by Gasteiger charge is -1.94. The van der Waals surface area contributed by atoms with Crippen molar-refractivity contribution in [2.24, 2.45) is 0 Å². The third-order valence-electron chi connectivity index (χ3n) is 0.804. The summed E-state index contributed by atoms with van der Waals surface area (Å²) in [5, 5.41) is 1.99. The molecule has 0 aliphatic rings. The van der Waals surface area contributed by atoms with Gasteiger partial charge in [-0.15, -0.1) is 0 Å². The van der Waals surface area contributed by atoms with Crippen LogP contribution in [0.4, 0.5) is 0 Å². The molecule has 0 bridgehead atoms. The summed E-state index contributed by atoms with van der Waals surface area (Å²) in [6, 6.07) is 0. The van der Waals surface area contributed by atoms with Gasteiger partial charge >= 0.3 is 11.8 Å². The summed E-state index contributed by atoms with van der Waals surface area (Å²) in [7, 11) is 2.28. The van der Waals surface area contributed by atoms with Crippen LogP contribution in [-0.4, -0.2) is 31.8 Å². The van der Waals surface area contributed by atoms with E-state index in [1.807, 2.05) is 5.32 Å². The largest absolute Gasteiger partial charge is 0.463 e. The van der Waals surface area contributed by atoms with Gasteiger partial charge in [-0.1, -0.05) is 0 Å². The fourth-order valence-electron chi connectivity index (χ4n) is 0.299. The van der Waals surface area contributed by atoms with Gasteiger partial charge in [0.25, 0.3) is 5.91 Å². The number of likely N-dealkylation sites (N-methyl/N-ethyl adjacent to an activating group) is 1. The molecule has 0 aromatic heterocycles. The van der Waals surface area contributed by atoms with E-state index in [1.54, 1.807) is 0 Å². The Morgan fingerprint density at radius 1 is 1.30 bits per heavy atom. The van der Waals surface area contributed by atoms with E-state index < -0.39 is 17.7 Å². The van der Waals surface area contributed by atoms with Gasteiger partial charge in [-0.25, -0.2) is 4.79 Å². The van der Waals surface area contributed by atoms with Crippen molar-refractivity contribution in [2.45, 2.75) is 0 Å². The van der Waals surface area contributed by atoms with Gasteiger partial charge in [-0.2, -0.15) is 0 Å². The fourth-order valence-corrected chi connectivity index (χ4v) is 0.299. The molecule has 0 radical (unpaired) electrons. The summed E-state index contributed by atoms with van der Waals surface area (Å²) in [4.78, 5) is 31.0. The number of nitrogens with one attached hydrogen (secondary N) is 1. The lowest BCUT2D eigenvalue weighted by atomic mass is 10.4. The Bertz CT molecular complexity index is 156. The first-order valence-electron chi connectivity index (χ1n) is 2.47. The van der Waals surface area contributed by atoms with Crippen LogP contribution >= 0.6 is 0 Å². The third kappa shape index (κ3) is 1.85. The second-order valence-corrected chi connectivity index (χ2v) is 1.40. The highest BCUT2D eigenvalue weighted by Crippen LogP contribution is 1.76. The molecule has 10 heavy (non-hydrogen) atoms. The van der Waals surface area contributed by atoms with E-state index in [0.717, 1.165) is 7.11 Å². The summed E-state index contributed by atoms with van der Waals surface area (Å²) in [5.74, 6) is -3.31. The molecule has 0 saturated carbocycles. The highest BCUT2D eigenvalue weighted by Gasteiger charge is 2.21. The lowest BCUT2D eigenvalue weighted by molar-refractivity contribution is -0.155. The van der Waals surface area contributed by atoms with E-state index >= 15 is 0 Å². The normalized spacial score (nSPS) is 8.20. The molecule has 0 spiro atoms. The van der Waals surface area contributed by atoms with Crippen LogP contribution in [0.15, 0.2) is 0 Å². The van der Waals surface area contributed by atoms with E-state index in [2.05, 4.69) is 4.74 Å². The first-order chi connectivity index (χ1) is 4.63. The molecule has 0 unspecified atom stereocenters. The smallest absolute Gasteiger partial charge is 0.384 e. The molecule has 1 N–H and O–H groups in total. The number of hydrogen-bond acceptors (Lipinski definition) is 4. The number of methoxy groups -OCH3 is 1. The van der Waals surface area contributed by atoms with Crippen LogP contribution in [-0.2, 0) is 19.1 Å². The molecule has 56 valence electrons. The van der Waals surface area contributed by atoms with Crippen molar-refractivity contribution in [1.82, 2.24) is 5.32 Å². The standard InChI is InChI=1S/C5H7NO4/c1-6-4(8)3(7)5(9)10-2/h1-2H3,(H,6,8). The quantitative estimate of drug-likeness (QED) is 0.291. The molecule has 0 rings (SSSR count). The average Bonchev–Trinajstić information content (AvgIpc) is 2.00. The molecule has 0 fully saturated rings. The topological polar surface area (TPSA) is 72.5 Å². The van der Waals surface area contributed by atoms with Crippen molar-refractivity contribution in [3.8, 4) is 0 Å². The second kappa shape index (κ2) is 3.60. The van der Waals surface area contributed by atoms with Crippen molar-refractivity contribution in [1.29, 1.82) is 0 Å². The number of ether oxygens (including phenoxy) is 1. The number of ketones is 1.